The third-order valence-electron chi connectivity index (χ3n) is 3.51. The molecule has 2 N–H and O–H groups in total. The number of amides is 1. The van der Waals surface area contributed by atoms with Gasteiger partial charge in [0.2, 0.25) is 0 Å². The van der Waals surface area contributed by atoms with Gasteiger partial charge >= 0.3 is 0 Å². The van der Waals surface area contributed by atoms with Gasteiger partial charge in [-0.15, -0.1) is 0 Å². The van der Waals surface area contributed by atoms with E-state index in [-0.39, 0.29) is 18.6 Å². The molecule has 0 fully saturated rings. The summed E-state index contributed by atoms with van der Waals surface area (Å²) in [5, 5.41) is 0. The van der Waals surface area contributed by atoms with Crippen LogP contribution in [0.2, 0.25) is 0 Å². The van der Waals surface area contributed by atoms with Crippen LogP contribution in [0.4, 0.5) is 0 Å². The van der Waals surface area contributed by atoms with Crippen molar-refractivity contribution in [2.75, 3.05) is 19.7 Å². The van der Waals surface area contributed by atoms with Gasteiger partial charge in [0.1, 0.15) is 5.75 Å². The van der Waals surface area contributed by atoms with Crippen LogP contribution in [-0.4, -0.2) is 36.5 Å². The molecule has 0 aliphatic carbocycles. The first-order chi connectivity index (χ1) is 10.0. The molecule has 0 spiro atoms. The number of benzene rings is 1. The van der Waals surface area contributed by atoms with Crippen molar-refractivity contribution in [2.24, 2.45) is 5.73 Å². The first-order valence-electron chi connectivity index (χ1n) is 7.46. The van der Waals surface area contributed by atoms with E-state index in [1.165, 1.54) is 0 Å². The van der Waals surface area contributed by atoms with Crippen LogP contribution in [0.25, 0.3) is 0 Å². The maximum Gasteiger partial charge on any atom is 0.260 e. The highest BCUT2D eigenvalue weighted by Gasteiger charge is 2.15. The van der Waals surface area contributed by atoms with Gasteiger partial charge in [0.15, 0.2) is 6.61 Å². The Bertz CT molecular complexity index is 462. The Morgan fingerprint density at radius 1 is 1.33 bits per heavy atom. The largest absolute Gasteiger partial charge is 0.482 e. The molecule has 1 aromatic rings. The molecule has 118 valence electrons. The Balaban J connectivity index is 2.80. The SMILES string of the molecule is CCC(N)Cc1cccc(Br)c1OCC(=O)N(CC)CC. The third-order valence-corrected chi connectivity index (χ3v) is 4.14. The lowest BCUT2D eigenvalue weighted by Crippen LogP contribution is -2.34. The summed E-state index contributed by atoms with van der Waals surface area (Å²) in [4.78, 5) is 13.8. The van der Waals surface area contributed by atoms with Crippen LogP contribution in [0.1, 0.15) is 32.8 Å². The number of para-hydroxylation sites is 1. The number of ether oxygens (including phenoxy) is 1. The molecule has 5 heteroatoms. The lowest BCUT2D eigenvalue weighted by atomic mass is 10.0. The van der Waals surface area contributed by atoms with Gasteiger partial charge < -0.3 is 15.4 Å². The van der Waals surface area contributed by atoms with Crippen LogP contribution in [0.3, 0.4) is 0 Å². The molecule has 4 nitrogen and oxygen atoms in total. The molecule has 0 radical (unpaired) electrons. The van der Waals surface area contributed by atoms with Crippen molar-refractivity contribution in [3.8, 4) is 5.75 Å². The van der Waals surface area contributed by atoms with Gasteiger partial charge in [0.25, 0.3) is 5.91 Å². The van der Waals surface area contributed by atoms with E-state index in [0.717, 1.165) is 28.6 Å². The summed E-state index contributed by atoms with van der Waals surface area (Å²) in [6.45, 7) is 7.44. The molecule has 1 amide bonds. The summed E-state index contributed by atoms with van der Waals surface area (Å²) >= 11 is 3.49. The Kier molecular flexibility index (Phi) is 7.75. The van der Waals surface area contributed by atoms with Crippen LogP contribution in [0, 0.1) is 0 Å². The van der Waals surface area contributed by atoms with E-state index in [2.05, 4.69) is 22.9 Å². The third kappa shape index (κ3) is 5.32. The van der Waals surface area contributed by atoms with Gasteiger partial charge in [-0.2, -0.15) is 0 Å². The summed E-state index contributed by atoms with van der Waals surface area (Å²) in [7, 11) is 0. The highest BCUT2D eigenvalue weighted by Crippen LogP contribution is 2.30. The molecule has 21 heavy (non-hydrogen) atoms. The van der Waals surface area contributed by atoms with Crippen LogP contribution < -0.4 is 10.5 Å². The Hall–Kier alpha value is -1.07. The summed E-state index contributed by atoms with van der Waals surface area (Å²) in [6, 6.07) is 5.97. The first-order valence-corrected chi connectivity index (χ1v) is 8.26. The smallest absolute Gasteiger partial charge is 0.260 e. The van der Waals surface area contributed by atoms with Crippen molar-refractivity contribution < 1.29 is 9.53 Å². The average Bonchev–Trinajstić information content (AvgIpc) is 2.47. The molecule has 1 atom stereocenters. The van der Waals surface area contributed by atoms with Gasteiger partial charge in [-0.25, -0.2) is 0 Å². The standard InChI is InChI=1S/C16H25BrN2O2/c1-4-13(18)10-12-8-7-9-14(17)16(12)21-11-15(20)19(5-2)6-3/h7-9,13H,4-6,10-11,18H2,1-3H3. The highest BCUT2D eigenvalue weighted by atomic mass is 79.9. The van der Waals surface area contributed by atoms with Crippen LogP contribution in [0.5, 0.6) is 5.75 Å². The number of rotatable bonds is 8. The number of carbonyl (C=O) groups excluding carboxylic acids is 1. The molecule has 0 aliphatic rings. The molecular formula is C16H25BrN2O2. The minimum absolute atomic E-state index is 0.00138. The molecule has 1 unspecified atom stereocenters. The lowest BCUT2D eigenvalue weighted by Gasteiger charge is -2.20. The highest BCUT2D eigenvalue weighted by molar-refractivity contribution is 9.10. The molecule has 1 aromatic carbocycles. The normalized spacial score (nSPS) is 12.0. The topological polar surface area (TPSA) is 55.6 Å². The summed E-state index contributed by atoms with van der Waals surface area (Å²) < 4.78 is 6.62. The Morgan fingerprint density at radius 2 is 2.00 bits per heavy atom. The minimum atomic E-state index is 0.00138. The van der Waals surface area contributed by atoms with E-state index in [4.69, 9.17) is 10.5 Å². The number of nitrogens with zero attached hydrogens (tertiary/aromatic N) is 1. The average molecular weight is 357 g/mol. The molecule has 0 saturated carbocycles. The molecule has 0 saturated heterocycles. The van der Waals surface area contributed by atoms with E-state index in [1.807, 2.05) is 32.0 Å². The number of halogens is 1. The first kappa shape index (κ1) is 18.0. The van der Waals surface area contributed by atoms with E-state index < -0.39 is 0 Å². The molecule has 0 heterocycles. The molecule has 0 aromatic heterocycles. The van der Waals surface area contributed by atoms with E-state index in [9.17, 15) is 4.79 Å². The monoisotopic (exact) mass is 356 g/mol. The van der Waals surface area contributed by atoms with Gasteiger partial charge in [0.05, 0.1) is 4.47 Å². The number of nitrogens with two attached hydrogens (primary N) is 1. The van der Waals surface area contributed by atoms with Crippen molar-refractivity contribution in [1.29, 1.82) is 0 Å². The Morgan fingerprint density at radius 3 is 2.57 bits per heavy atom. The zero-order chi connectivity index (χ0) is 15.8. The summed E-state index contributed by atoms with van der Waals surface area (Å²) in [6.07, 6.45) is 1.65. The fourth-order valence-corrected chi connectivity index (χ4v) is 2.63. The van der Waals surface area contributed by atoms with E-state index in [0.29, 0.717) is 13.1 Å². The predicted molar refractivity (Wildman–Crippen MR) is 89.5 cm³/mol. The minimum Gasteiger partial charge on any atom is -0.482 e. The van der Waals surface area contributed by atoms with E-state index in [1.54, 1.807) is 4.90 Å². The zero-order valence-electron chi connectivity index (χ0n) is 13.1. The van der Waals surface area contributed by atoms with Crippen molar-refractivity contribution in [3.05, 3.63) is 28.2 Å². The van der Waals surface area contributed by atoms with Gasteiger partial charge in [-0.05, 0) is 54.2 Å². The number of likely N-dealkylation sites (N-methyl/N-ethyl adjacent to an activating group) is 1. The predicted octanol–water partition coefficient (Wildman–Crippen LogP) is 2.98. The van der Waals surface area contributed by atoms with Crippen molar-refractivity contribution >= 4 is 21.8 Å². The van der Waals surface area contributed by atoms with E-state index >= 15 is 0 Å². The number of hydrogen-bond acceptors (Lipinski definition) is 3. The van der Waals surface area contributed by atoms with Crippen molar-refractivity contribution in [3.63, 3.8) is 0 Å². The fourth-order valence-electron chi connectivity index (χ4n) is 2.10. The van der Waals surface area contributed by atoms with Gasteiger partial charge in [-0.3, -0.25) is 4.79 Å². The second kappa shape index (κ2) is 9.05. The van der Waals surface area contributed by atoms with Crippen LogP contribution >= 0.6 is 15.9 Å². The van der Waals surface area contributed by atoms with Crippen molar-refractivity contribution in [2.45, 2.75) is 39.7 Å². The molecule has 1 rings (SSSR count). The second-order valence-electron chi connectivity index (χ2n) is 4.96. The Labute approximate surface area is 135 Å². The maximum absolute atomic E-state index is 12.0. The number of hydrogen-bond donors (Lipinski definition) is 1. The fraction of sp³-hybridized carbons (Fsp3) is 0.562. The van der Waals surface area contributed by atoms with Gasteiger partial charge in [0, 0.05) is 19.1 Å². The van der Waals surface area contributed by atoms with Crippen LogP contribution in [0.15, 0.2) is 22.7 Å². The summed E-state index contributed by atoms with van der Waals surface area (Å²) in [5.74, 6) is 0.725. The molecule has 0 bridgehead atoms. The maximum atomic E-state index is 12.0. The van der Waals surface area contributed by atoms with Gasteiger partial charge in [-0.1, -0.05) is 19.1 Å². The molecular weight excluding hydrogens is 332 g/mol. The lowest BCUT2D eigenvalue weighted by molar-refractivity contribution is -0.132. The van der Waals surface area contributed by atoms with Crippen LogP contribution in [-0.2, 0) is 11.2 Å². The second-order valence-corrected chi connectivity index (χ2v) is 5.81. The molecule has 0 aliphatic heterocycles. The number of carbonyl (C=O) groups is 1. The zero-order valence-corrected chi connectivity index (χ0v) is 14.6. The quantitative estimate of drug-likeness (QED) is 0.778. The summed E-state index contributed by atoms with van der Waals surface area (Å²) in [5.41, 5.74) is 7.06. The van der Waals surface area contributed by atoms with Crippen molar-refractivity contribution in [1.82, 2.24) is 4.90 Å².